The molecule has 2 amide bonds. The summed E-state index contributed by atoms with van der Waals surface area (Å²) >= 11 is 0. The highest BCUT2D eigenvalue weighted by atomic mass is 16.5. The summed E-state index contributed by atoms with van der Waals surface area (Å²) in [4.78, 5) is 26.6. The number of ether oxygens (including phenoxy) is 1. The number of hydrogen-bond acceptors (Lipinski definition) is 6. The van der Waals surface area contributed by atoms with Crippen LogP contribution in [-0.4, -0.2) is 44.8 Å². The fraction of sp³-hybridized carbons (Fsp3) is 0.115. The lowest BCUT2D eigenvalue weighted by Crippen LogP contribution is -2.45. The number of hydrogen-bond donors (Lipinski definition) is 1. The van der Waals surface area contributed by atoms with Gasteiger partial charge in [0, 0.05) is 16.3 Å². The van der Waals surface area contributed by atoms with Crippen molar-refractivity contribution in [2.75, 3.05) is 18.1 Å². The van der Waals surface area contributed by atoms with Crippen LogP contribution in [0.5, 0.6) is 5.75 Å². The minimum Gasteiger partial charge on any atom is -0.482 e. The topological polar surface area (TPSA) is 102 Å². The summed E-state index contributed by atoms with van der Waals surface area (Å²) in [5, 5.41) is 18.2. The Hall–Kier alpha value is -4.79. The number of amides is 2. The molecule has 0 spiro atoms. The van der Waals surface area contributed by atoms with E-state index in [4.69, 9.17) is 9.84 Å². The van der Waals surface area contributed by atoms with Crippen molar-refractivity contribution in [2.24, 2.45) is 0 Å². The van der Waals surface area contributed by atoms with Crippen molar-refractivity contribution in [1.29, 1.82) is 0 Å². The van der Waals surface area contributed by atoms with Gasteiger partial charge in [-0.25, -0.2) is 0 Å². The first-order chi connectivity index (χ1) is 17.2. The first kappa shape index (κ1) is 20.8. The van der Waals surface area contributed by atoms with E-state index in [-0.39, 0.29) is 31.5 Å². The SMILES string of the molecule is O=C(CN1C(=O)COc2ccccc21)NCc1nnc2c3ccccc3c(-c3ccccc3)nn12. The number of benzene rings is 3. The summed E-state index contributed by atoms with van der Waals surface area (Å²) in [6.45, 7) is -0.111. The number of nitrogens with one attached hydrogen (secondary N) is 1. The van der Waals surface area contributed by atoms with Gasteiger partial charge in [0.1, 0.15) is 12.3 Å². The van der Waals surface area contributed by atoms with Gasteiger partial charge < -0.3 is 10.1 Å². The Kier molecular flexibility index (Phi) is 5.07. The van der Waals surface area contributed by atoms with Gasteiger partial charge in [-0.2, -0.15) is 9.61 Å². The van der Waals surface area contributed by atoms with Crippen LogP contribution in [0.4, 0.5) is 5.69 Å². The summed E-state index contributed by atoms with van der Waals surface area (Å²) in [7, 11) is 0. The molecule has 2 aromatic heterocycles. The van der Waals surface area contributed by atoms with E-state index in [1.54, 1.807) is 22.7 Å². The summed E-state index contributed by atoms with van der Waals surface area (Å²) < 4.78 is 7.11. The molecule has 3 heterocycles. The van der Waals surface area contributed by atoms with Crippen molar-refractivity contribution in [2.45, 2.75) is 6.54 Å². The fourth-order valence-electron chi connectivity index (χ4n) is 4.25. The normalized spacial score (nSPS) is 13.0. The Morgan fingerprint density at radius 1 is 0.914 bits per heavy atom. The summed E-state index contributed by atoms with van der Waals surface area (Å²) in [6, 6.07) is 25.0. The lowest BCUT2D eigenvalue weighted by atomic mass is 10.1. The smallest absolute Gasteiger partial charge is 0.265 e. The van der Waals surface area contributed by atoms with Gasteiger partial charge in [-0.15, -0.1) is 10.2 Å². The van der Waals surface area contributed by atoms with Crippen LogP contribution in [0, 0.1) is 0 Å². The maximum absolute atomic E-state index is 12.8. The number of anilines is 1. The Labute approximate surface area is 200 Å². The average Bonchev–Trinajstić information content (AvgIpc) is 3.32. The van der Waals surface area contributed by atoms with Gasteiger partial charge in [0.05, 0.1) is 17.9 Å². The molecule has 6 rings (SSSR count). The minimum absolute atomic E-state index is 0.0988. The third kappa shape index (κ3) is 3.72. The maximum Gasteiger partial charge on any atom is 0.265 e. The van der Waals surface area contributed by atoms with Crippen molar-refractivity contribution >= 4 is 33.9 Å². The van der Waals surface area contributed by atoms with Crippen molar-refractivity contribution in [3.8, 4) is 17.0 Å². The molecule has 9 nitrogen and oxygen atoms in total. The molecule has 0 aliphatic carbocycles. The molecule has 0 saturated heterocycles. The van der Waals surface area contributed by atoms with E-state index in [0.29, 0.717) is 22.9 Å². The van der Waals surface area contributed by atoms with Gasteiger partial charge >= 0.3 is 0 Å². The fourth-order valence-corrected chi connectivity index (χ4v) is 4.25. The quantitative estimate of drug-likeness (QED) is 0.429. The lowest BCUT2D eigenvalue weighted by Gasteiger charge is -2.28. The molecule has 0 fully saturated rings. The molecule has 0 unspecified atom stereocenters. The van der Waals surface area contributed by atoms with E-state index in [1.807, 2.05) is 60.7 Å². The molecular weight excluding hydrogens is 444 g/mol. The van der Waals surface area contributed by atoms with Crippen molar-refractivity contribution in [3.05, 3.63) is 84.7 Å². The molecule has 1 aliphatic rings. The standard InChI is InChI=1S/C26H20N6O3/c33-23(15-31-20-12-6-7-13-21(20)35-16-24(31)34)27-14-22-28-29-26-19-11-5-4-10-18(19)25(30-32(22)26)17-8-2-1-3-9-17/h1-13H,14-16H2,(H,27,33). The molecule has 9 heteroatoms. The summed E-state index contributed by atoms with van der Waals surface area (Å²) in [5.41, 5.74) is 2.96. The van der Waals surface area contributed by atoms with Crippen molar-refractivity contribution < 1.29 is 14.3 Å². The number of carbonyl (C=O) groups excluding carboxylic acids is 2. The number of carbonyl (C=O) groups is 2. The Bertz CT molecular complexity index is 1580. The number of aromatic nitrogens is 4. The first-order valence-corrected chi connectivity index (χ1v) is 11.2. The second-order valence-electron chi connectivity index (χ2n) is 8.12. The van der Waals surface area contributed by atoms with Crippen molar-refractivity contribution in [1.82, 2.24) is 25.1 Å². The molecule has 172 valence electrons. The Morgan fingerprint density at radius 2 is 1.66 bits per heavy atom. The number of nitrogens with zero attached hydrogens (tertiary/aromatic N) is 5. The molecule has 3 aromatic carbocycles. The second kappa shape index (κ2) is 8.53. The van der Waals surface area contributed by atoms with Crippen LogP contribution in [0.3, 0.4) is 0 Å². The van der Waals surface area contributed by atoms with Crippen LogP contribution >= 0.6 is 0 Å². The third-order valence-electron chi connectivity index (χ3n) is 5.93. The molecule has 0 bridgehead atoms. The molecule has 0 atom stereocenters. The van der Waals surface area contributed by atoms with E-state index < -0.39 is 0 Å². The maximum atomic E-state index is 12.8. The molecule has 1 N–H and O–H groups in total. The zero-order chi connectivity index (χ0) is 23.8. The number of para-hydroxylation sites is 2. The van der Waals surface area contributed by atoms with Crippen LogP contribution in [0.15, 0.2) is 78.9 Å². The molecular formula is C26H20N6O3. The van der Waals surface area contributed by atoms with Crippen molar-refractivity contribution in [3.63, 3.8) is 0 Å². The minimum atomic E-state index is -0.323. The van der Waals surface area contributed by atoms with Crippen LogP contribution in [-0.2, 0) is 16.1 Å². The van der Waals surface area contributed by atoms with Gasteiger partial charge in [-0.05, 0) is 12.1 Å². The summed E-state index contributed by atoms with van der Waals surface area (Å²) in [6.07, 6.45) is 0. The monoisotopic (exact) mass is 464 g/mol. The van der Waals surface area contributed by atoms with Gasteiger partial charge in [0.2, 0.25) is 5.91 Å². The first-order valence-electron chi connectivity index (χ1n) is 11.2. The van der Waals surface area contributed by atoms with E-state index in [0.717, 1.165) is 22.0 Å². The highest BCUT2D eigenvalue weighted by Gasteiger charge is 2.27. The molecule has 0 saturated carbocycles. The van der Waals surface area contributed by atoms with Gasteiger partial charge in [0.25, 0.3) is 5.91 Å². The zero-order valence-corrected chi connectivity index (χ0v) is 18.6. The molecule has 35 heavy (non-hydrogen) atoms. The van der Waals surface area contributed by atoms with Crippen LogP contribution in [0.1, 0.15) is 5.82 Å². The third-order valence-corrected chi connectivity index (χ3v) is 5.93. The van der Waals surface area contributed by atoms with Crippen LogP contribution in [0.2, 0.25) is 0 Å². The number of rotatable bonds is 5. The van der Waals surface area contributed by atoms with E-state index >= 15 is 0 Å². The highest BCUT2D eigenvalue weighted by Crippen LogP contribution is 2.31. The van der Waals surface area contributed by atoms with E-state index in [1.165, 1.54) is 4.90 Å². The highest BCUT2D eigenvalue weighted by molar-refractivity contribution is 6.02. The van der Waals surface area contributed by atoms with Crippen LogP contribution in [0.25, 0.3) is 27.7 Å². The number of fused-ring (bicyclic) bond motifs is 4. The van der Waals surface area contributed by atoms with Crippen LogP contribution < -0.4 is 15.0 Å². The molecule has 1 aliphatic heterocycles. The van der Waals surface area contributed by atoms with Gasteiger partial charge in [-0.3, -0.25) is 14.5 Å². The zero-order valence-electron chi connectivity index (χ0n) is 18.6. The Morgan fingerprint density at radius 3 is 2.51 bits per heavy atom. The predicted octanol–water partition coefficient (Wildman–Crippen LogP) is 2.99. The second-order valence-corrected chi connectivity index (χ2v) is 8.12. The van der Waals surface area contributed by atoms with Gasteiger partial charge in [-0.1, -0.05) is 66.7 Å². The van der Waals surface area contributed by atoms with E-state index in [2.05, 4.69) is 15.5 Å². The summed E-state index contributed by atoms with van der Waals surface area (Å²) in [5.74, 6) is 0.473. The average molecular weight is 464 g/mol. The predicted molar refractivity (Wildman–Crippen MR) is 130 cm³/mol. The Balaban J connectivity index is 1.28. The van der Waals surface area contributed by atoms with E-state index in [9.17, 15) is 9.59 Å². The lowest BCUT2D eigenvalue weighted by molar-refractivity contribution is -0.125. The van der Waals surface area contributed by atoms with Gasteiger partial charge in [0.15, 0.2) is 18.1 Å². The molecule has 0 radical (unpaired) electrons. The largest absolute Gasteiger partial charge is 0.482 e. The molecule has 5 aromatic rings.